The number of imidazole rings is 1. The third-order valence-electron chi connectivity index (χ3n) is 4.42. The van der Waals surface area contributed by atoms with Gasteiger partial charge in [0.05, 0.1) is 6.33 Å². The van der Waals surface area contributed by atoms with Gasteiger partial charge in [-0.3, -0.25) is 4.57 Å². The van der Waals surface area contributed by atoms with Crippen LogP contribution >= 0.6 is 11.6 Å². The van der Waals surface area contributed by atoms with Crippen molar-refractivity contribution in [2.24, 2.45) is 0 Å². The molecule has 4 unspecified atom stereocenters. The second-order valence-electron chi connectivity index (χ2n) is 6.64. The number of aromatic nitrogens is 4. The van der Waals surface area contributed by atoms with Crippen molar-refractivity contribution in [2.45, 2.75) is 51.1 Å². The van der Waals surface area contributed by atoms with E-state index in [1.807, 2.05) is 20.8 Å². The number of rotatable bonds is 4. The number of ether oxygens (including phenoxy) is 3. The monoisotopic (exact) mass is 368 g/mol. The summed E-state index contributed by atoms with van der Waals surface area (Å²) in [6, 6.07) is 0. The van der Waals surface area contributed by atoms with Crippen LogP contribution in [0.15, 0.2) is 6.33 Å². The third-order valence-corrected chi connectivity index (χ3v) is 4.59. The molecule has 0 radical (unpaired) electrons. The predicted molar refractivity (Wildman–Crippen MR) is 91.0 cm³/mol. The van der Waals surface area contributed by atoms with Crippen molar-refractivity contribution in [3.63, 3.8) is 0 Å². The molecule has 9 nitrogen and oxygen atoms in total. The average molecular weight is 369 g/mol. The molecular weight excluding hydrogens is 348 g/mol. The van der Waals surface area contributed by atoms with E-state index in [1.165, 1.54) is 0 Å². The lowest BCUT2D eigenvalue weighted by molar-refractivity contribution is -0.195. The van der Waals surface area contributed by atoms with Gasteiger partial charge in [-0.1, -0.05) is 6.92 Å². The number of nitrogens with two attached hydrogens (primary N) is 1. The summed E-state index contributed by atoms with van der Waals surface area (Å²) in [5, 5.41) is 3.36. The Balaban J connectivity index is 1.72. The molecule has 4 heterocycles. The SMILES string of the molecule is CCNCC1OC(n2cnc3c(N)nc(Cl)nc32)C2OC(C)(C)OC12. The molecule has 2 fully saturated rings. The Hall–Kier alpha value is -1.52. The van der Waals surface area contributed by atoms with Crippen molar-refractivity contribution < 1.29 is 14.2 Å². The van der Waals surface area contributed by atoms with Crippen molar-refractivity contribution >= 4 is 28.6 Å². The Labute approximate surface area is 149 Å². The number of nitrogens with zero attached hydrogens (tertiary/aromatic N) is 4. The van der Waals surface area contributed by atoms with Crippen LogP contribution in [0, 0.1) is 0 Å². The lowest BCUT2D eigenvalue weighted by atomic mass is 10.1. The number of fused-ring (bicyclic) bond motifs is 2. The van der Waals surface area contributed by atoms with Gasteiger partial charge >= 0.3 is 0 Å². The molecule has 2 aromatic heterocycles. The van der Waals surface area contributed by atoms with Crippen LogP contribution in [0.4, 0.5) is 5.82 Å². The van der Waals surface area contributed by atoms with Gasteiger partial charge < -0.3 is 25.3 Å². The Kier molecular flexibility index (Phi) is 4.08. The van der Waals surface area contributed by atoms with Crippen LogP contribution in [0.5, 0.6) is 0 Å². The fourth-order valence-electron chi connectivity index (χ4n) is 3.43. The number of hydrogen-bond donors (Lipinski definition) is 2. The molecule has 4 atom stereocenters. The van der Waals surface area contributed by atoms with Gasteiger partial charge in [-0.05, 0) is 32.0 Å². The maximum absolute atomic E-state index is 6.22. The molecule has 2 aliphatic rings. The lowest BCUT2D eigenvalue weighted by Gasteiger charge is -2.24. The van der Waals surface area contributed by atoms with E-state index in [0.717, 1.165) is 6.54 Å². The topological polar surface area (TPSA) is 109 Å². The van der Waals surface area contributed by atoms with Crippen molar-refractivity contribution in [3.05, 3.63) is 11.6 Å². The minimum Gasteiger partial charge on any atom is -0.382 e. The Morgan fingerprint density at radius 1 is 1.32 bits per heavy atom. The van der Waals surface area contributed by atoms with Gasteiger partial charge in [0.15, 0.2) is 23.5 Å². The van der Waals surface area contributed by atoms with Gasteiger partial charge in [-0.15, -0.1) is 0 Å². The minimum absolute atomic E-state index is 0.0643. The van der Waals surface area contributed by atoms with Crippen LogP contribution in [-0.4, -0.2) is 56.7 Å². The summed E-state index contributed by atoms with van der Waals surface area (Å²) < 4.78 is 20.2. The zero-order valence-corrected chi connectivity index (χ0v) is 15.0. The Morgan fingerprint density at radius 2 is 2.08 bits per heavy atom. The number of likely N-dealkylation sites (N-methyl/N-ethyl adjacent to an activating group) is 1. The van der Waals surface area contributed by atoms with Crippen LogP contribution in [0.2, 0.25) is 5.28 Å². The molecule has 0 aromatic carbocycles. The van der Waals surface area contributed by atoms with E-state index in [9.17, 15) is 0 Å². The molecule has 2 aromatic rings. The molecule has 0 spiro atoms. The van der Waals surface area contributed by atoms with E-state index in [0.29, 0.717) is 17.7 Å². The highest BCUT2D eigenvalue weighted by molar-refractivity contribution is 6.28. The maximum atomic E-state index is 6.22. The Bertz CT molecular complexity index is 797. The normalized spacial score (nSPS) is 30.9. The van der Waals surface area contributed by atoms with Crippen LogP contribution in [0.1, 0.15) is 27.0 Å². The summed E-state index contributed by atoms with van der Waals surface area (Å²) in [7, 11) is 0. The highest BCUT2D eigenvalue weighted by Gasteiger charge is 2.55. The van der Waals surface area contributed by atoms with Gasteiger partial charge in [-0.25, -0.2) is 4.98 Å². The van der Waals surface area contributed by atoms with Crippen molar-refractivity contribution in [1.82, 2.24) is 24.8 Å². The van der Waals surface area contributed by atoms with Crippen LogP contribution in [0.3, 0.4) is 0 Å². The van der Waals surface area contributed by atoms with Crippen molar-refractivity contribution in [3.8, 4) is 0 Å². The highest BCUT2D eigenvalue weighted by Crippen LogP contribution is 2.43. The molecule has 0 amide bonds. The average Bonchev–Trinajstić information content (AvgIpc) is 3.16. The number of anilines is 1. The first-order valence-electron chi connectivity index (χ1n) is 8.27. The van der Waals surface area contributed by atoms with Crippen LogP contribution < -0.4 is 11.1 Å². The molecule has 25 heavy (non-hydrogen) atoms. The summed E-state index contributed by atoms with van der Waals surface area (Å²) in [4.78, 5) is 12.5. The first-order chi connectivity index (χ1) is 11.9. The second kappa shape index (κ2) is 6.03. The molecule has 2 saturated heterocycles. The Morgan fingerprint density at radius 3 is 2.84 bits per heavy atom. The van der Waals surface area contributed by atoms with E-state index in [4.69, 9.17) is 31.5 Å². The van der Waals surface area contributed by atoms with E-state index in [-0.39, 0.29) is 29.4 Å². The maximum Gasteiger partial charge on any atom is 0.226 e. The van der Waals surface area contributed by atoms with E-state index in [1.54, 1.807) is 10.9 Å². The highest BCUT2D eigenvalue weighted by atomic mass is 35.5. The smallest absolute Gasteiger partial charge is 0.226 e. The number of hydrogen-bond acceptors (Lipinski definition) is 8. The minimum atomic E-state index is -0.677. The van der Waals surface area contributed by atoms with Gasteiger partial charge in [0.2, 0.25) is 5.28 Å². The van der Waals surface area contributed by atoms with E-state index >= 15 is 0 Å². The fourth-order valence-corrected chi connectivity index (χ4v) is 3.60. The molecule has 0 aliphatic carbocycles. The van der Waals surface area contributed by atoms with Crippen molar-refractivity contribution in [1.29, 1.82) is 0 Å². The second-order valence-corrected chi connectivity index (χ2v) is 6.98. The molecule has 0 bridgehead atoms. The lowest BCUT2D eigenvalue weighted by Crippen LogP contribution is -2.37. The summed E-state index contributed by atoms with van der Waals surface area (Å²) in [5.41, 5.74) is 6.89. The molecule has 4 rings (SSSR count). The number of nitrogen functional groups attached to an aromatic ring is 1. The predicted octanol–water partition coefficient (Wildman–Crippen LogP) is 1.09. The summed E-state index contributed by atoms with van der Waals surface area (Å²) >= 11 is 5.96. The largest absolute Gasteiger partial charge is 0.382 e. The summed E-state index contributed by atoms with van der Waals surface area (Å²) in [6.07, 6.45) is 0.560. The number of nitrogens with one attached hydrogen (secondary N) is 1. The first-order valence-corrected chi connectivity index (χ1v) is 8.65. The van der Waals surface area contributed by atoms with Crippen LogP contribution in [-0.2, 0) is 14.2 Å². The molecule has 0 saturated carbocycles. The quantitative estimate of drug-likeness (QED) is 0.772. The van der Waals surface area contributed by atoms with Crippen molar-refractivity contribution in [2.75, 3.05) is 18.8 Å². The molecule has 136 valence electrons. The van der Waals surface area contributed by atoms with Gasteiger partial charge in [0.25, 0.3) is 0 Å². The first kappa shape index (κ1) is 16.9. The fraction of sp³-hybridized carbons (Fsp3) is 0.667. The molecular formula is C15H21ClN6O3. The molecule has 2 aliphatic heterocycles. The zero-order chi connectivity index (χ0) is 17.8. The third kappa shape index (κ3) is 2.85. The molecule has 10 heteroatoms. The molecule has 3 N–H and O–H groups in total. The number of halogens is 1. The standard InChI is InChI=1S/C15H21ClN6O3/c1-4-18-5-7-9-10(25-15(2,3)24-9)13(23-7)22-6-19-8-11(17)20-14(16)21-12(8)22/h6-7,9-10,13,18H,4-5H2,1-3H3,(H2,17,20,21). The zero-order valence-electron chi connectivity index (χ0n) is 14.3. The van der Waals surface area contributed by atoms with Gasteiger partial charge in [-0.2, -0.15) is 9.97 Å². The van der Waals surface area contributed by atoms with Crippen LogP contribution in [0.25, 0.3) is 11.2 Å². The summed E-state index contributed by atoms with van der Waals surface area (Å²) in [6.45, 7) is 7.36. The van der Waals surface area contributed by atoms with E-state index < -0.39 is 12.0 Å². The summed E-state index contributed by atoms with van der Waals surface area (Å²) in [5.74, 6) is -0.444. The van der Waals surface area contributed by atoms with Gasteiger partial charge in [0, 0.05) is 6.54 Å². The van der Waals surface area contributed by atoms with Gasteiger partial charge in [0.1, 0.15) is 23.8 Å². The van der Waals surface area contributed by atoms with E-state index in [2.05, 4.69) is 20.3 Å².